The van der Waals surface area contributed by atoms with Gasteiger partial charge in [-0.3, -0.25) is 0 Å². The molecule has 0 aromatic heterocycles. The molecule has 0 bridgehead atoms. The number of hydrogen-bond donors (Lipinski definition) is 2. The fourth-order valence-electron chi connectivity index (χ4n) is 0.898. The summed E-state index contributed by atoms with van der Waals surface area (Å²) in [7, 11) is 1.98. The van der Waals surface area contributed by atoms with Crippen molar-refractivity contribution < 1.29 is 0 Å². The highest BCUT2D eigenvalue weighted by molar-refractivity contribution is 4.86. The van der Waals surface area contributed by atoms with Crippen molar-refractivity contribution >= 4 is 0 Å². The van der Waals surface area contributed by atoms with Gasteiger partial charge >= 0.3 is 0 Å². The highest BCUT2D eigenvalue weighted by atomic mass is 14.9. The summed E-state index contributed by atoms with van der Waals surface area (Å²) in [5.74, 6) is 0. The van der Waals surface area contributed by atoms with E-state index in [4.69, 9.17) is 5.73 Å². The summed E-state index contributed by atoms with van der Waals surface area (Å²) in [6.45, 7) is 0. The van der Waals surface area contributed by atoms with E-state index < -0.39 is 0 Å². The summed E-state index contributed by atoms with van der Waals surface area (Å²) >= 11 is 0. The van der Waals surface area contributed by atoms with Gasteiger partial charge in [0.05, 0.1) is 0 Å². The third kappa shape index (κ3) is 0.924. The van der Waals surface area contributed by atoms with E-state index in [1.54, 1.807) is 0 Å². The van der Waals surface area contributed by atoms with Gasteiger partial charge in [-0.1, -0.05) is 0 Å². The van der Waals surface area contributed by atoms with Crippen LogP contribution in [0.3, 0.4) is 0 Å². The first kappa shape index (κ1) is 5.06. The minimum Gasteiger partial charge on any atom is -0.328 e. The molecular weight excluding hydrogens is 88.1 g/mol. The van der Waals surface area contributed by atoms with Gasteiger partial charge in [0.15, 0.2) is 0 Å². The third-order valence-corrected chi connectivity index (χ3v) is 1.58. The van der Waals surface area contributed by atoms with Crippen LogP contribution >= 0.6 is 0 Å². The highest BCUT2D eigenvalue weighted by Gasteiger charge is 2.23. The van der Waals surface area contributed by atoms with E-state index in [0.29, 0.717) is 6.04 Å². The van der Waals surface area contributed by atoms with E-state index in [-0.39, 0.29) is 0 Å². The molecule has 1 fully saturated rings. The van der Waals surface area contributed by atoms with Crippen LogP contribution < -0.4 is 11.1 Å². The Morgan fingerprint density at radius 2 is 2.14 bits per heavy atom. The van der Waals surface area contributed by atoms with Crippen LogP contribution in [0.25, 0.3) is 0 Å². The highest BCUT2D eigenvalue weighted by Crippen LogP contribution is 2.15. The van der Waals surface area contributed by atoms with E-state index in [2.05, 4.69) is 5.32 Å². The molecule has 0 atom stereocenters. The zero-order valence-corrected chi connectivity index (χ0v) is 4.65. The molecule has 0 unspecified atom stereocenters. The smallest absolute Gasteiger partial charge is 0.00935 e. The Bertz CT molecular complexity index is 57.1. The average molecular weight is 100 g/mol. The Morgan fingerprint density at radius 1 is 1.57 bits per heavy atom. The number of nitrogens with one attached hydrogen (secondary N) is 1. The molecule has 0 heterocycles. The van der Waals surface area contributed by atoms with E-state index in [1.165, 1.54) is 0 Å². The molecule has 2 nitrogen and oxygen atoms in total. The molecule has 0 aromatic rings. The van der Waals surface area contributed by atoms with Crippen molar-refractivity contribution in [1.82, 2.24) is 5.32 Å². The first-order valence-electron chi connectivity index (χ1n) is 2.76. The summed E-state index contributed by atoms with van der Waals surface area (Å²) in [5, 5.41) is 3.15. The fraction of sp³-hybridized carbons (Fsp3) is 1.00. The molecule has 1 rings (SSSR count). The second-order valence-corrected chi connectivity index (χ2v) is 2.22. The molecule has 1 aliphatic carbocycles. The zero-order valence-electron chi connectivity index (χ0n) is 4.65. The topological polar surface area (TPSA) is 38.0 Å². The van der Waals surface area contributed by atoms with Crippen LogP contribution in [-0.2, 0) is 0 Å². The van der Waals surface area contributed by atoms with E-state index in [9.17, 15) is 0 Å². The predicted molar refractivity (Wildman–Crippen MR) is 30.1 cm³/mol. The predicted octanol–water partition coefficient (Wildman–Crippen LogP) is -0.305. The molecule has 0 aliphatic heterocycles. The second kappa shape index (κ2) is 1.80. The lowest BCUT2D eigenvalue weighted by Crippen LogP contribution is -2.46. The Hall–Kier alpha value is -0.0800. The molecule has 2 heteroatoms. The van der Waals surface area contributed by atoms with Crippen molar-refractivity contribution in [3.63, 3.8) is 0 Å². The minimum atomic E-state index is 0.484. The Morgan fingerprint density at radius 3 is 2.29 bits per heavy atom. The molecule has 42 valence electrons. The molecule has 0 radical (unpaired) electrons. The first-order valence-corrected chi connectivity index (χ1v) is 2.76. The van der Waals surface area contributed by atoms with Gasteiger partial charge in [0.1, 0.15) is 0 Å². The second-order valence-electron chi connectivity index (χ2n) is 2.22. The zero-order chi connectivity index (χ0) is 5.28. The number of hydrogen-bond acceptors (Lipinski definition) is 2. The SMILES string of the molecule is CN[C@H]1C[C@H](N)C1. The summed E-state index contributed by atoms with van der Waals surface area (Å²) < 4.78 is 0. The van der Waals surface area contributed by atoms with Crippen LogP contribution in [0.4, 0.5) is 0 Å². The Labute approximate surface area is 44.1 Å². The Kier molecular flexibility index (Phi) is 1.30. The van der Waals surface area contributed by atoms with E-state index in [0.717, 1.165) is 18.9 Å². The van der Waals surface area contributed by atoms with Crippen molar-refractivity contribution in [2.24, 2.45) is 5.73 Å². The van der Waals surface area contributed by atoms with Crippen LogP contribution in [0.15, 0.2) is 0 Å². The maximum absolute atomic E-state index is 5.50. The van der Waals surface area contributed by atoms with Crippen molar-refractivity contribution in [3.05, 3.63) is 0 Å². The molecule has 0 spiro atoms. The van der Waals surface area contributed by atoms with Crippen LogP contribution in [0.5, 0.6) is 0 Å². The van der Waals surface area contributed by atoms with Crippen LogP contribution in [-0.4, -0.2) is 19.1 Å². The van der Waals surface area contributed by atoms with Gasteiger partial charge in [0.25, 0.3) is 0 Å². The quantitative estimate of drug-likeness (QED) is 0.474. The van der Waals surface area contributed by atoms with Gasteiger partial charge in [0, 0.05) is 12.1 Å². The largest absolute Gasteiger partial charge is 0.328 e. The van der Waals surface area contributed by atoms with E-state index in [1.807, 2.05) is 7.05 Å². The molecule has 0 amide bonds. The first-order chi connectivity index (χ1) is 3.33. The molecule has 1 aliphatic rings. The lowest BCUT2D eigenvalue weighted by Gasteiger charge is -2.31. The van der Waals surface area contributed by atoms with Crippen molar-refractivity contribution in [3.8, 4) is 0 Å². The monoisotopic (exact) mass is 100 g/mol. The lowest BCUT2D eigenvalue weighted by molar-refractivity contribution is 0.308. The average Bonchev–Trinajstić information content (AvgIpc) is 1.58. The van der Waals surface area contributed by atoms with Gasteiger partial charge in [0.2, 0.25) is 0 Å². The van der Waals surface area contributed by atoms with Gasteiger partial charge in [-0.25, -0.2) is 0 Å². The van der Waals surface area contributed by atoms with Crippen LogP contribution in [0.2, 0.25) is 0 Å². The van der Waals surface area contributed by atoms with Gasteiger partial charge < -0.3 is 11.1 Å². The van der Waals surface area contributed by atoms with E-state index >= 15 is 0 Å². The van der Waals surface area contributed by atoms with Gasteiger partial charge in [-0.2, -0.15) is 0 Å². The standard InChI is InChI=1S/C5H12N2/c1-7-5-2-4(6)3-5/h4-5,7H,2-3,6H2,1H3/t4-,5-. The molecular formula is C5H12N2. The summed E-state index contributed by atoms with van der Waals surface area (Å²) in [5.41, 5.74) is 5.50. The number of rotatable bonds is 1. The van der Waals surface area contributed by atoms with Crippen LogP contribution in [0, 0.1) is 0 Å². The van der Waals surface area contributed by atoms with Crippen molar-refractivity contribution in [2.75, 3.05) is 7.05 Å². The normalized spacial score (nSPS) is 40.3. The Balaban J connectivity index is 2.06. The fourth-order valence-corrected chi connectivity index (χ4v) is 0.898. The van der Waals surface area contributed by atoms with Gasteiger partial charge in [-0.15, -0.1) is 0 Å². The molecule has 3 N–H and O–H groups in total. The molecule has 7 heavy (non-hydrogen) atoms. The lowest BCUT2D eigenvalue weighted by atomic mass is 9.88. The maximum atomic E-state index is 5.50. The van der Waals surface area contributed by atoms with Crippen molar-refractivity contribution in [2.45, 2.75) is 24.9 Å². The maximum Gasteiger partial charge on any atom is 0.00935 e. The molecule has 0 aromatic carbocycles. The van der Waals surface area contributed by atoms with Gasteiger partial charge in [-0.05, 0) is 19.9 Å². The minimum absolute atomic E-state index is 0.484. The molecule has 0 saturated heterocycles. The molecule has 1 saturated carbocycles. The summed E-state index contributed by atoms with van der Waals surface area (Å²) in [6, 6.07) is 1.20. The van der Waals surface area contributed by atoms with Crippen molar-refractivity contribution in [1.29, 1.82) is 0 Å². The summed E-state index contributed by atoms with van der Waals surface area (Å²) in [4.78, 5) is 0. The summed E-state index contributed by atoms with van der Waals surface area (Å²) in [6.07, 6.45) is 2.33. The third-order valence-electron chi connectivity index (χ3n) is 1.58. The van der Waals surface area contributed by atoms with Crippen LogP contribution in [0.1, 0.15) is 12.8 Å². The number of nitrogens with two attached hydrogens (primary N) is 1.